The molecule has 0 unspecified atom stereocenters. The van der Waals surface area contributed by atoms with Crippen LogP contribution in [0.4, 0.5) is 13.2 Å². The predicted octanol–water partition coefficient (Wildman–Crippen LogP) is 3.73. The summed E-state index contributed by atoms with van der Waals surface area (Å²) in [5, 5.41) is 0. The number of carbonyl (C=O) groups excluding carboxylic acids is 1. The van der Waals surface area contributed by atoms with Gasteiger partial charge in [-0.15, -0.1) is 0 Å². The Morgan fingerprint density at radius 1 is 1.14 bits per heavy atom. The van der Waals surface area contributed by atoms with Crippen LogP contribution in [0.3, 0.4) is 0 Å². The Hall–Kier alpha value is -1.78. The molecule has 0 aliphatic carbocycles. The van der Waals surface area contributed by atoms with Gasteiger partial charge < -0.3 is 4.90 Å². The average Bonchev–Trinajstić information content (AvgIpc) is 2.68. The Labute approximate surface area is 121 Å². The van der Waals surface area contributed by atoms with E-state index < -0.39 is 11.7 Å². The minimum atomic E-state index is -4.38. The summed E-state index contributed by atoms with van der Waals surface area (Å²) in [5.41, 5.74) is 0.208. The summed E-state index contributed by atoms with van der Waals surface area (Å²) in [7, 11) is 0. The van der Waals surface area contributed by atoms with Crippen molar-refractivity contribution >= 4 is 11.9 Å². The summed E-state index contributed by atoms with van der Waals surface area (Å²) in [6, 6.07) is 5.51. The zero-order chi connectivity index (χ0) is 15.0. The second-order valence-corrected chi connectivity index (χ2v) is 5.63. The van der Waals surface area contributed by atoms with Crippen LogP contribution in [-0.4, -0.2) is 23.8 Å². The van der Waals surface area contributed by atoms with E-state index in [-0.39, 0.29) is 23.7 Å². The van der Waals surface area contributed by atoms with Gasteiger partial charge in [0.25, 0.3) is 0 Å². The highest BCUT2D eigenvalue weighted by Crippen LogP contribution is 2.35. The van der Waals surface area contributed by atoms with Crippen LogP contribution in [0.2, 0.25) is 0 Å². The molecule has 21 heavy (non-hydrogen) atoms. The van der Waals surface area contributed by atoms with Gasteiger partial charge in [-0.25, -0.2) is 0 Å². The predicted molar refractivity (Wildman–Crippen MR) is 73.3 cm³/mol. The second-order valence-electron chi connectivity index (χ2n) is 5.63. The zero-order valence-electron chi connectivity index (χ0n) is 11.5. The SMILES string of the molecule is O=C1CC(=Cc2ccccc2C(F)(F)F)N2CCC1CC2. The van der Waals surface area contributed by atoms with Gasteiger partial charge in [-0.1, -0.05) is 18.2 Å². The third-order valence-corrected chi connectivity index (χ3v) is 4.30. The lowest BCUT2D eigenvalue weighted by Crippen LogP contribution is -2.30. The molecule has 0 aromatic heterocycles. The number of piperidine rings is 1. The smallest absolute Gasteiger partial charge is 0.374 e. The molecule has 3 aliphatic rings. The molecule has 0 spiro atoms. The molecule has 112 valence electrons. The minimum Gasteiger partial charge on any atom is -0.374 e. The van der Waals surface area contributed by atoms with E-state index in [0.717, 1.165) is 37.7 Å². The number of Topliss-reactive ketones (excluding diaryl/α,β-unsaturated/α-hetero) is 1. The molecule has 0 atom stereocenters. The van der Waals surface area contributed by atoms with E-state index in [1.54, 1.807) is 6.07 Å². The molecule has 0 N–H and O–H groups in total. The Morgan fingerprint density at radius 3 is 2.48 bits per heavy atom. The maximum atomic E-state index is 13.0. The molecular formula is C16H16F3NO. The molecule has 0 saturated carbocycles. The third-order valence-electron chi connectivity index (χ3n) is 4.30. The van der Waals surface area contributed by atoms with Gasteiger partial charge in [-0.2, -0.15) is 13.2 Å². The minimum absolute atomic E-state index is 0.0880. The van der Waals surface area contributed by atoms with Crippen LogP contribution in [-0.2, 0) is 11.0 Å². The molecule has 0 radical (unpaired) electrons. The van der Waals surface area contributed by atoms with E-state index >= 15 is 0 Å². The van der Waals surface area contributed by atoms with Crippen molar-refractivity contribution in [1.82, 2.24) is 4.90 Å². The zero-order valence-corrected chi connectivity index (χ0v) is 11.5. The first kappa shape index (κ1) is 14.2. The van der Waals surface area contributed by atoms with E-state index in [2.05, 4.69) is 4.90 Å². The van der Waals surface area contributed by atoms with Gasteiger partial charge >= 0.3 is 6.18 Å². The Kier molecular flexibility index (Phi) is 3.51. The number of hydrogen-bond donors (Lipinski definition) is 0. The molecule has 2 nitrogen and oxygen atoms in total. The first-order chi connectivity index (χ1) is 9.95. The number of nitrogens with zero attached hydrogens (tertiary/aromatic N) is 1. The van der Waals surface area contributed by atoms with Gasteiger partial charge in [-0.05, 0) is 30.5 Å². The Balaban J connectivity index is 2.00. The van der Waals surface area contributed by atoms with Crippen LogP contribution in [0.15, 0.2) is 30.0 Å². The van der Waals surface area contributed by atoms with Crippen molar-refractivity contribution in [2.24, 2.45) is 5.92 Å². The monoisotopic (exact) mass is 295 g/mol. The van der Waals surface area contributed by atoms with Crippen LogP contribution < -0.4 is 0 Å². The number of hydrogen-bond acceptors (Lipinski definition) is 2. The number of rotatable bonds is 1. The fourth-order valence-electron chi connectivity index (χ4n) is 3.13. The van der Waals surface area contributed by atoms with Crippen molar-refractivity contribution in [3.05, 3.63) is 41.1 Å². The van der Waals surface area contributed by atoms with Crippen LogP contribution in [0.25, 0.3) is 6.08 Å². The van der Waals surface area contributed by atoms with Gasteiger partial charge in [0.05, 0.1) is 5.56 Å². The van der Waals surface area contributed by atoms with E-state index in [0.29, 0.717) is 0 Å². The standard InChI is InChI=1S/C16H16F3NO/c17-16(18,19)14-4-2-1-3-12(14)9-13-10-15(21)11-5-7-20(13)8-6-11/h1-4,9,11H,5-8,10H2. The summed E-state index contributed by atoms with van der Waals surface area (Å²) in [6.45, 7) is 1.52. The summed E-state index contributed by atoms with van der Waals surface area (Å²) in [5.74, 6) is 0.246. The van der Waals surface area contributed by atoms with Crippen LogP contribution >= 0.6 is 0 Å². The van der Waals surface area contributed by atoms with Gasteiger partial charge in [-0.3, -0.25) is 4.79 Å². The molecule has 3 saturated heterocycles. The molecule has 3 heterocycles. The third kappa shape index (κ3) is 2.82. The molecule has 1 aromatic carbocycles. The van der Waals surface area contributed by atoms with Crippen molar-refractivity contribution in [3.8, 4) is 0 Å². The Bertz CT molecular complexity index is 583. The molecule has 3 fully saturated rings. The molecule has 5 heteroatoms. The first-order valence-corrected chi connectivity index (χ1v) is 7.09. The highest BCUT2D eigenvalue weighted by atomic mass is 19.4. The van der Waals surface area contributed by atoms with E-state index in [4.69, 9.17) is 0 Å². The molecule has 0 amide bonds. The topological polar surface area (TPSA) is 20.3 Å². The number of carbonyl (C=O) groups is 1. The molecular weight excluding hydrogens is 279 g/mol. The lowest BCUT2D eigenvalue weighted by atomic mass is 9.94. The fourth-order valence-corrected chi connectivity index (χ4v) is 3.13. The Morgan fingerprint density at radius 2 is 1.81 bits per heavy atom. The van der Waals surface area contributed by atoms with Gasteiger partial charge in [0.1, 0.15) is 5.78 Å². The van der Waals surface area contributed by atoms with E-state index in [1.807, 2.05) is 0 Å². The first-order valence-electron chi connectivity index (χ1n) is 7.09. The molecule has 3 aliphatic heterocycles. The average molecular weight is 295 g/mol. The second kappa shape index (κ2) is 5.20. The maximum absolute atomic E-state index is 13.0. The van der Waals surface area contributed by atoms with Crippen molar-refractivity contribution in [2.45, 2.75) is 25.4 Å². The van der Waals surface area contributed by atoms with Crippen molar-refractivity contribution < 1.29 is 18.0 Å². The van der Waals surface area contributed by atoms with Crippen LogP contribution in [0.5, 0.6) is 0 Å². The van der Waals surface area contributed by atoms with E-state index in [1.165, 1.54) is 18.2 Å². The lowest BCUT2D eigenvalue weighted by molar-refractivity contribution is -0.137. The van der Waals surface area contributed by atoms with Crippen LogP contribution in [0, 0.1) is 5.92 Å². The summed E-state index contributed by atoms with van der Waals surface area (Å²) < 4.78 is 39.1. The van der Waals surface area contributed by atoms with Gasteiger partial charge in [0.2, 0.25) is 0 Å². The van der Waals surface area contributed by atoms with Gasteiger partial charge in [0.15, 0.2) is 0 Å². The largest absolute Gasteiger partial charge is 0.416 e. The number of benzene rings is 1. The normalized spacial score (nSPS) is 22.0. The lowest BCUT2D eigenvalue weighted by Gasteiger charge is -2.29. The van der Waals surface area contributed by atoms with Crippen molar-refractivity contribution in [3.63, 3.8) is 0 Å². The maximum Gasteiger partial charge on any atom is 0.416 e. The molecule has 2 bridgehead atoms. The number of allylic oxidation sites excluding steroid dienone is 1. The molecule has 4 rings (SSSR count). The number of fused-ring (bicyclic) bond motifs is 4. The number of ketones is 1. The summed E-state index contributed by atoms with van der Waals surface area (Å²) >= 11 is 0. The highest BCUT2D eigenvalue weighted by Gasteiger charge is 2.34. The van der Waals surface area contributed by atoms with Gasteiger partial charge in [0, 0.05) is 31.1 Å². The number of halogens is 3. The van der Waals surface area contributed by atoms with E-state index in [9.17, 15) is 18.0 Å². The quantitative estimate of drug-likeness (QED) is 0.787. The van der Waals surface area contributed by atoms with Crippen LogP contribution in [0.1, 0.15) is 30.4 Å². The van der Waals surface area contributed by atoms with Crippen molar-refractivity contribution in [1.29, 1.82) is 0 Å². The molecule has 1 aromatic rings. The van der Waals surface area contributed by atoms with Crippen molar-refractivity contribution in [2.75, 3.05) is 13.1 Å². The highest BCUT2D eigenvalue weighted by molar-refractivity contribution is 5.85. The summed E-state index contributed by atoms with van der Waals surface area (Å²) in [4.78, 5) is 14.1. The fraction of sp³-hybridized carbons (Fsp3) is 0.438. The summed E-state index contributed by atoms with van der Waals surface area (Å²) in [6.07, 6.45) is -0.963. The number of alkyl halides is 3.